The first-order valence-electron chi connectivity index (χ1n) is 9.16. The van der Waals surface area contributed by atoms with Gasteiger partial charge in [-0.15, -0.1) is 0 Å². The van der Waals surface area contributed by atoms with E-state index in [1.165, 1.54) is 0 Å². The molecular formula is C16H26O15. The van der Waals surface area contributed by atoms with Crippen molar-refractivity contribution in [1.29, 1.82) is 0 Å². The highest BCUT2D eigenvalue weighted by molar-refractivity contribution is 5.76. The predicted molar refractivity (Wildman–Crippen MR) is 91.0 cm³/mol. The molecule has 0 aliphatic carbocycles. The maximum absolute atomic E-state index is 12.0. The maximum Gasteiger partial charge on any atom is 0.364 e. The van der Waals surface area contributed by atoms with Gasteiger partial charge in [0, 0.05) is 12.8 Å². The van der Waals surface area contributed by atoms with Gasteiger partial charge in [-0.25, -0.2) is 9.59 Å². The van der Waals surface area contributed by atoms with Gasteiger partial charge >= 0.3 is 11.9 Å². The zero-order valence-electron chi connectivity index (χ0n) is 16.0. The number of aliphatic hydroxyl groups is 8. The third-order valence-corrected chi connectivity index (χ3v) is 5.20. The molecule has 0 spiro atoms. The first-order chi connectivity index (χ1) is 14.3. The van der Waals surface area contributed by atoms with Crippen LogP contribution in [-0.2, 0) is 23.8 Å². The first-order valence-corrected chi connectivity index (χ1v) is 9.16. The number of hydrogen-bond donors (Lipinski definition) is 10. The highest BCUT2D eigenvalue weighted by Gasteiger charge is 2.59. The van der Waals surface area contributed by atoms with Gasteiger partial charge in [-0.2, -0.15) is 0 Å². The molecule has 2 saturated heterocycles. The molecule has 2 fully saturated rings. The number of aliphatic hydroxyl groups excluding tert-OH is 7. The highest BCUT2D eigenvalue weighted by Crippen LogP contribution is 2.38. The quantitative estimate of drug-likeness (QED) is 0.162. The molecule has 0 aromatic rings. The molecule has 2 aliphatic heterocycles. The fourth-order valence-corrected chi connectivity index (χ4v) is 3.48. The van der Waals surface area contributed by atoms with Crippen molar-refractivity contribution < 1.29 is 74.9 Å². The molecule has 15 heteroatoms. The Morgan fingerprint density at radius 3 is 1.87 bits per heavy atom. The lowest BCUT2D eigenvalue weighted by atomic mass is 9.90. The second-order valence-electron chi connectivity index (χ2n) is 7.43. The van der Waals surface area contributed by atoms with Gasteiger partial charge in [-0.05, 0) is 0 Å². The van der Waals surface area contributed by atoms with Crippen LogP contribution in [0.25, 0.3) is 0 Å². The molecule has 180 valence electrons. The average Bonchev–Trinajstić information content (AvgIpc) is 2.71. The molecule has 2 rings (SSSR count). The average molecular weight is 458 g/mol. The number of carbonyl (C=O) groups is 2. The lowest BCUT2D eigenvalue weighted by Gasteiger charge is -2.48. The van der Waals surface area contributed by atoms with Crippen molar-refractivity contribution in [2.45, 2.75) is 73.2 Å². The molecule has 2 heterocycles. The molecule has 0 radical (unpaired) electrons. The van der Waals surface area contributed by atoms with Crippen LogP contribution in [0.1, 0.15) is 12.8 Å². The standard InChI is InChI=1S/C16H26O15/c17-3-6(20)11-9(22)5(19)1-16(31-11,14(26)27)29-8-2-15(28,13(24)25)30-12(10(8)23)7(21)4-18/h5-12,17-23,28H,1-4H2,(H,24,25)(H,26,27)/t5-,6-,7-,8-,9-,10-,11-,12-,15-,16+/m1/s1. The number of ether oxygens (including phenoxy) is 3. The summed E-state index contributed by atoms with van der Waals surface area (Å²) in [6.45, 7) is -2.02. The van der Waals surface area contributed by atoms with Crippen molar-refractivity contribution >= 4 is 11.9 Å². The molecule has 0 aromatic heterocycles. The van der Waals surface area contributed by atoms with Crippen molar-refractivity contribution in [3.8, 4) is 0 Å². The van der Waals surface area contributed by atoms with Gasteiger partial charge in [0.05, 0.1) is 25.4 Å². The summed E-state index contributed by atoms with van der Waals surface area (Å²) in [7, 11) is 0. The third kappa shape index (κ3) is 4.96. The molecule has 31 heavy (non-hydrogen) atoms. The molecule has 10 N–H and O–H groups in total. The molecule has 2 aliphatic rings. The molecule has 0 aromatic carbocycles. The number of carboxylic acid groups (broad SMARTS) is 2. The van der Waals surface area contributed by atoms with E-state index in [1.807, 2.05) is 0 Å². The van der Waals surface area contributed by atoms with E-state index in [4.69, 9.17) is 24.4 Å². The number of hydrogen-bond acceptors (Lipinski definition) is 13. The summed E-state index contributed by atoms with van der Waals surface area (Å²) in [4.78, 5) is 23.4. The van der Waals surface area contributed by atoms with Crippen LogP contribution in [0, 0.1) is 0 Å². The predicted octanol–water partition coefficient (Wildman–Crippen LogP) is -5.71. The van der Waals surface area contributed by atoms with E-state index in [-0.39, 0.29) is 0 Å². The Morgan fingerprint density at radius 2 is 1.42 bits per heavy atom. The van der Waals surface area contributed by atoms with Crippen LogP contribution in [0.3, 0.4) is 0 Å². The van der Waals surface area contributed by atoms with Gasteiger partial charge in [-0.3, -0.25) is 0 Å². The zero-order chi connectivity index (χ0) is 23.7. The summed E-state index contributed by atoms with van der Waals surface area (Å²) >= 11 is 0. The minimum absolute atomic E-state index is 0.957. The van der Waals surface area contributed by atoms with Gasteiger partial charge in [0.2, 0.25) is 0 Å². The SMILES string of the molecule is O=C(O)[C@]1(O[C@@H]2C[C@](O)(C(=O)O)O[C@H]([C@H](O)CO)[C@@H]2O)C[C@@H](O)[C@@H](O)[C@@H]([C@H](O)CO)O1. The zero-order valence-corrected chi connectivity index (χ0v) is 16.0. The lowest BCUT2D eigenvalue weighted by Crippen LogP contribution is -2.67. The maximum atomic E-state index is 12.0. The summed E-state index contributed by atoms with van der Waals surface area (Å²) < 4.78 is 15.2. The van der Waals surface area contributed by atoms with E-state index in [9.17, 15) is 50.4 Å². The van der Waals surface area contributed by atoms with E-state index in [1.54, 1.807) is 0 Å². The molecule has 0 saturated carbocycles. The Balaban J connectivity index is 2.41. The second kappa shape index (κ2) is 9.55. The van der Waals surface area contributed by atoms with Crippen LogP contribution in [0.5, 0.6) is 0 Å². The summed E-state index contributed by atoms with van der Waals surface area (Å²) in [5, 5.41) is 97.4. The highest BCUT2D eigenvalue weighted by atomic mass is 16.7. The van der Waals surface area contributed by atoms with Crippen molar-refractivity contribution in [1.82, 2.24) is 0 Å². The Hall–Kier alpha value is -1.50. The molecule has 0 bridgehead atoms. The topological polar surface area (TPSA) is 264 Å². The Labute approximate surface area is 174 Å². The fraction of sp³-hybridized carbons (Fsp3) is 0.875. The van der Waals surface area contributed by atoms with Gasteiger partial charge < -0.3 is 65.3 Å². The largest absolute Gasteiger partial charge is 0.477 e. The Kier molecular flexibility index (Phi) is 7.94. The molecule has 0 unspecified atom stereocenters. The van der Waals surface area contributed by atoms with Crippen LogP contribution < -0.4 is 0 Å². The Morgan fingerprint density at radius 1 is 0.903 bits per heavy atom. The van der Waals surface area contributed by atoms with Crippen LogP contribution in [0.4, 0.5) is 0 Å². The number of carboxylic acids is 2. The first kappa shape index (κ1) is 25.8. The van der Waals surface area contributed by atoms with Crippen LogP contribution in [0.15, 0.2) is 0 Å². The fourth-order valence-electron chi connectivity index (χ4n) is 3.48. The van der Waals surface area contributed by atoms with E-state index in [2.05, 4.69) is 0 Å². The second-order valence-corrected chi connectivity index (χ2v) is 7.43. The minimum Gasteiger partial charge on any atom is -0.477 e. The van der Waals surface area contributed by atoms with Gasteiger partial charge in [0.25, 0.3) is 11.6 Å². The minimum atomic E-state index is -3.07. The van der Waals surface area contributed by atoms with E-state index in [0.29, 0.717) is 0 Å². The summed E-state index contributed by atoms with van der Waals surface area (Å²) in [5.41, 5.74) is 0. The van der Waals surface area contributed by atoms with Gasteiger partial charge in [0.1, 0.15) is 36.6 Å². The molecular weight excluding hydrogens is 432 g/mol. The molecule has 15 nitrogen and oxygen atoms in total. The van der Waals surface area contributed by atoms with Crippen LogP contribution in [-0.4, -0.2) is 137 Å². The normalized spacial score (nSPS) is 43.2. The van der Waals surface area contributed by atoms with E-state index >= 15 is 0 Å². The summed E-state index contributed by atoms with van der Waals surface area (Å²) in [5.74, 6) is -9.83. The Bertz CT molecular complexity index is 659. The van der Waals surface area contributed by atoms with Crippen LogP contribution in [0.2, 0.25) is 0 Å². The van der Waals surface area contributed by atoms with Crippen molar-refractivity contribution in [3.63, 3.8) is 0 Å². The third-order valence-electron chi connectivity index (χ3n) is 5.20. The van der Waals surface area contributed by atoms with Gasteiger partial charge in [0.15, 0.2) is 0 Å². The molecule has 0 amide bonds. The lowest BCUT2D eigenvalue weighted by molar-refractivity contribution is -0.369. The van der Waals surface area contributed by atoms with Crippen molar-refractivity contribution in [2.24, 2.45) is 0 Å². The summed E-state index contributed by atoms with van der Waals surface area (Å²) in [6.07, 6.45) is -17.2. The number of aliphatic carboxylic acids is 2. The monoisotopic (exact) mass is 458 g/mol. The van der Waals surface area contributed by atoms with Crippen molar-refractivity contribution in [3.05, 3.63) is 0 Å². The van der Waals surface area contributed by atoms with E-state index < -0.39 is 98.4 Å². The molecule has 10 atom stereocenters. The number of rotatable bonds is 8. The van der Waals surface area contributed by atoms with Gasteiger partial charge in [-0.1, -0.05) is 0 Å². The summed E-state index contributed by atoms with van der Waals surface area (Å²) in [6, 6.07) is 0. The van der Waals surface area contributed by atoms with Crippen molar-refractivity contribution in [2.75, 3.05) is 13.2 Å². The van der Waals surface area contributed by atoms with E-state index in [0.717, 1.165) is 0 Å². The smallest absolute Gasteiger partial charge is 0.364 e. The van der Waals surface area contributed by atoms with Crippen LogP contribution >= 0.6 is 0 Å².